The summed E-state index contributed by atoms with van der Waals surface area (Å²) in [4.78, 5) is 32.3. The molecular formula is C31H44N4O5. The predicted molar refractivity (Wildman–Crippen MR) is 150 cm³/mol. The number of alkyl carbamates (subject to hydrolysis) is 1. The molecule has 218 valence electrons. The molecule has 9 heteroatoms. The summed E-state index contributed by atoms with van der Waals surface area (Å²) in [6.07, 6.45) is 5.51. The maximum atomic E-state index is 13.4. The van der Waals surface area contributed by atoms with Crippen LogP contribution >= 0.6 is 0 Å². The lowest BCUT2D eigenvalue weighted by Crippen LogP contribution is -2.43. The van der Waals surface area contributed by atoms with Crippen molar-refractivity contribution in [1.29, 1.82) is 0 Å². The van der Waals surface area contributed by atoms with E-state index in [1.54, 1.807) is 0 Å². The van der Waals surface area contributed by atoms with E-state index >= 15 is 0 Å². The van der Waals surface area contributed by atoms with Gasteiger partial charge in [0.25, 0.3) is 0 Å². The van der Waals surface area contributed by atoms with Gasteiger partial charge in [-0.1, -0.05) is 35.5 Å². The highest BCUT2D eigenvalue weighted by molar-refractivity contribution is 5.70. The van der Waals surface area contributed by atoms with Gasteiger partial charge in [-0.3, -0.25) is 0 Å². The van der Waals surface area contributed by atoms with E-state index in [1.807, 2.05) is 64.6 Å². The molecule has 3 fully saturated rings. The second-order valence-corrected chi connectivity index (χ2v) is 13.9. The molecule has 3 aliphatic carbocycles. The number of carbonyl (C=O) groups is 2. The van der Waals surface area contributed by atoms with Crippen molar-refractivity contribution in [3.8, 4) is 0 Å². The third-order valence-electron chi connectivity index (χ3n) is 8.05. The number of ether oxygens (including phenoxy) is 2. The molecule has 1 heterocycles. The topological polar surface area (TPSA) is 107 Å². The summed E-state index contributed by atoms with van der Waals surface area (Å²) in [6.45, 7) is 11.8. The van der Waals surface area contributed by atoms with Crippen LogP contribution in [-0.2, 0) is 14.9 Å². The van der Waals surface area contributed by atoms with E-state index in [0.29, 0.717) is 24.2 Å². The van der Waals surface area contributed by atoms with E-state index in [-0.39, 0.29) is 35.6 Å². The molecule has 0 bridgehead atoms. The molecule has 0 spiro atoms. The van der Waals surface area contributed by atoms with Crippen LogP contribution in [-0.4, -0.2) is 57.1 Å². The Morgan fingerprint density at radius 3 is 2.25 bits per heavy atom. The van der Waals surface area contributed by atoms with Crippen molar-refractivity contribution in [2.45, 2.75) is 127 Å². The minimum absolute atomic E-state index is 0.0850. The molecule has 3 aliphatic rings. The van der Waals surface area contributed by atoms with Gasteiger partial charge in [0, 0.05) is 30.5 Å². The minimum Gasteiger partial charge on any atom is -0.444 e. The van der Waals surface area contributed by atoms with Gasteiger partial charge in [-0.15, -0.1) is 0 Å². The number of rotatable bonds is 7. The summed E-state index contributed by atoms with van der Waals surface area (Å²) < 4.78 is 17.0. The number of carbonyl (C=O) groups excluding carboxylic acids is 2. The number of benzene rings is 1. The highest BCUT2D eigenvalue weighted by atomic mass is 16.6. The fraction of sp³-hybridized carbons (Fsp3) is 0.677. The number of hydrogen-bond acceptors (Lipinski definition) is 7. The molecule has 0 aliphatic heterocycles. The smallest absolute Gasteiger partial charge is 0.410 e. The minimum atomic E-state index is -0.570. The van der Waals surface area contributed by atoms with Gasteiger partial charge >= 0.3 is 12.2 Å². The Labute approximate surface area is 237 Å². The van der Waals surface area contributed by atoms with Crippen LogP contribution in [0.3, 0.4) is 0 Å². The van der Waals surface area contributed by atoms with Crippen LogP contribution < -0.4 is 5.32 Å². The van der Waals surface area contributed by atoms with E-state index in [2.05, 4.69) is 22.6 Å². The zero-order valence-corrected chi connectivity index (χ0v) is 24.7. The maximum absolute atomic E-state index is 13.4. The average molecular weight is 553 g/mol. The fourth-order valence-electron chi connectivity index (χ4n) is 5.73. The third-order valence-corrected chi connectivity index (χ3v) is 8.05. The molecule has 40 heavy (non-hydrogen) atoms. The lowest BCUT2D eigenvalue weighted by atomic mass is 9.86. The third kappa shape index (κ3) is 6.96. The Balaban J connectivity index is 1.22. The van der Waals surface area contributed by atoms with E-state index in [0.717, 1.165) is 44.9 Å². The first-order chi connectivity index (χ1) is 18.8. The Hall–Kier alpha value is -3.10. The molecular weight excluding hydrogens is 508 g/mol. The molecule has 1 N–H and O–H groups in total. The lowest BCUT2D eigenvalue weighted by Gasteiger charge is -2.30. The van der Waals surface area contributed by atoms with Gasteiger partial charge < -0.3 is 24.2 Å². The normalized spacial score (nSPS) is 25.6. The van der Waals surface area contributed by atoms with Gasteiger partial charge in [0.1, 0.15) is 11.2 Å². The molecule has 0 radical (unpaired) electrons. The van der Waals surface area contributed by atoms with E-state index in [4.69, 9.17) is 19.0 Å². The fourth-order valence-corrected chi connectivity index (χ4v) is 5.73. The standard InChI is InChI=1S/C31H44N4O5/c1-29(2,3)38-27(36)32-22-14-12-21(13-15-22)25-33-26(34-40-25)31(16-17-31)19-35(28(37)39-30(4,5)6)24-18-23(24)20-10-8-7-9-11-20/h7-11,21-24H,12-19H2,1-6H3,(H,32,36)/t21-,22+,23-,24+/m0/s1. The van der Waals surface area contributed by atoms with E-state index < -0.39 is 11.2 Å². The number of amides is 2. The van der Waals surface area contributed by atoms with Crippen molar-refractivity contribution in [2.24, 2.45) is 0 Å². The largest absolute Gasteiger partial charge is 0.444 e. The Morgan fingerprint density at radius 1 is 1.00 bits per heavy atom. The van der Waals surface area contributed by atoms with Crippen LogP contribution in [0.25, 0.3) is 0 Å². The molecule has 2 aromatic rings. The van der Waals surface area contributed by atoms with E-state index in [9.17, 15) is 9.59 Å². The maximum Gasteiger partial charge on any atom is 0.410 e. The molecule has 1 aromatic carbocycles. The van der Waals surface area contributed by atoms with Gasteiger partial charge in [0.15, 0.2) is 5.82 Å². The molecule has 0 unspecified atom stereocenters. The van der Waals surface area contributed by atoms with Crippen LogP contribution in [0, 0.1) is 0 Å². The Kier molecular flexibility index (Phi) is 7.61. The summed E-state index contributed by atoms with van der Waals surface area (Å²) in [6, 6.07) is 10.6. The number of hydrogen-bond donors (Lipinski definition) is 1. The second-order valence-electron chi connectivity index (χ2n) is 13.9. The summed E-state index contributed by atoms with van der Waals surface area (Å²) in [5.74, 6) is 1.84. The number of nitrogens with zero attached hydrogens (tertiary/aromatic N) is 3. The van der Waals surface area contributed by atoms with Crippen LogP contribution in [0.15, 0.2) is 34.9 Å². The van der Waals surface area contributed by atoms with Gasteiger partial charge in [-0.25, -0.2) is 9.59 Å². The molecule has 0 saturated heterocycles. The van der Waals surface area contributed by atoms with Crippen molar-refractivity contribution >= 4 is 12.2 Å². The SMILES string of the molecule is CC(C)(C)OC(=O)N[C@H]1CC[C@@H](c2nc(C3(CN(C(=O)OC(C)(C)C)[C@@H]4C[C@H]4c4ccccc4)CC3)no2)CC1. The van der Waals surface area contributed by atoms with Gasteiger partial charge in [0.2, 0.25) is 5.89 Å². The molecule has 5 rings (SSSR count). The number of nitrogens with one attached hydrogen (secondary N) is 1. The van der Waals surface area contributed by atoms with Crippen molar-refractivity contribution in [1.82, 2.24) is 20.4 Å². The zero-order chi connectivity index (χ0) is 28.7. The van der Waals surface area contributed by atoms with Gasteiger partial charge in [0.05, 0.1) is 5.41 Å². The Bertz CT molecular complexity index is 1190. The first-order valence-electron chi connectivity index (χ1n) is 14.7. The second kappa shape index (κ2) is 10.7. The first kappa shape index (κ1) is 28.4. The summed E-state index contributed by atoms with van der Waals surface area (Å²) >= 11 is 0. The quantitative estimate of drug-likeness (QED) is 0.421. The zero-order valence-electron chi connectivity index (χ0n) is 24.7. The van der Waals surface area contributed by atoms with E-state index in [1.165, 1.54) is 5.56 Å². The van der Waals surface area contributed by atoms with Crippen molar-refractivity contribution in [3.63, 3.8) is 0 Å². The van der Waals surface area contributed by atoms with Crippen molar-refractivity contribution in [2.75, 3.05) is 6.54 Å². The number of aromatic nitrogens is 2. The summed E-state index contributed by atoms with van der Waals surface area (Å²) in [7, 11) is 0. The summed E-state index contributed by atoms with van der Waals surface area (Å²) in [5.41, 5.74) is -0.122. The molecule has 2 atom stereocenters. The monoisotopic (exact) mass is 552 g/mol. The van der Waals surface area contributed by atoms with Crippen LogP contribution in [0.2, 0.25) is 0 Å². The first-order valence-corrected chi connectivity index (χ1v) is 14.7. The van der Waals surface area contributed by atoms with Crippen molar-refractivity contribution < 1.29 is 23.6 Å². The van der Waals surface area contributed by atoms with Crippen LogP contribution in [0.1, 0.15) is 116 Å². The molecule has 3 saturated carbocycles. The highest BCUT2D eigenvalue weighted by Gasteiger charge is 2.55. The Morgan fingerprint density at radius 2 is 1.65 bits per heavy atom. The summed E-state index contributed by atoms with van der Waals surface area (Å²) in [5, 5.41) is 7.41. The molecule has 1 aromatic heterocycles. The average Bonchev–Trinajstić information content (AvgIpc) is 3.78. The van der Waals surface area contributed by atoms with Gasteiger partial charge in [-0.2, -0.15) is 4.98 Å². The van der Waals surface area contributed by atoms with Gasteiger partial charge in [-0.05, 0) is 92.1 Å². The molecule has 2 amide bonds. The van der Waals surface area contributed by atoms with Crippen LogP contribution in [0.4, 0.5) is 9.59 Å². The van der Waals surface area contributed by atoms with Crippen molar-refractivity contribution in [3.05, 3.63) is 47.6 Å². The molecule has 9 nitrogen and oxygen atoms in total. The predicted octanol–water partition coefficient (Wildman–Crippen LogP) is 6.45. The highest BCUT2D eigenvalue weighted by Crippen LogP contribution is 2.52. The van der Waals surface area contributed by atoms with Crippen LogP contribution in [0.5, 0.6) is 0 Å². The lowest BCUT2D eigenvalue weighted by molar-refractivity contribution is 0.0208.